The number of aromatic amines is 1. The van der Waals surface area contributed by atoms with Crippen LogP contribution in [0.3, 0.4) is 0 Å². The summed E-state index contributed by atoms with van der Waals surface area (Å²) in [6, 6.07) is 9.84. The number of hydrogen-bond donors (Lipinski definition) is 3. The number of aromatic nitrogens is 2. The van der Waals surface area contributed by atoms with Crippen molar-refractivity contribution in [3.8, 4) is 11.3 Å². The van der Waals surface area contributed by atoms with E-state index in [1.54, 1.807) is 6.07 Å². The molecular formula is C16H22N4O. The lowest BCUT2D eigenvalue weighted by atomic mass is 10.1. The van der Waals surface area contributed by atoms with E-state index in [9.17, 15) is 4.79 Å². The molecule has 0 aliphatic rings. The van der Waals surface area contributed by atoms with E-state index in [-0.39, 0.29) is 5.91 Å². The minimum Gasteiger partial charge on any atom is -0.349 e. The lowest BCUT2D eigenvalue weighted by molar-refractivity contribution is 0.0949. The van der Waals surface area contributed by atoms with Crippen molar-refractivity contribution in [2.24, 2.45) is 0 Å². The number of amides is 1. The number of carbonyl (C=O) groups excluding carboxylic acids is 1. The third kappa shape index (κ3) is 4.43. The molecule has 0 spiro atoms. The molecule has 0 bridgehead atoms. The van der Waals surface area contributed by atoms with Gasteiger partial charge in [-0.05, 0) is 26.0 Å². The van der Waals surface area contributed by atoms with Crippen molar-refractivity contribution in [2.75, 3.05) is 19.6 Å². The van der Waals surface area contributed by atoms with E-state index < -0.39 is 0 Å². The standard InChI is InChI=1S/C16H22N4O/c1-3-8-17-9-10-18-16(21)15-11-14(19-20-15)13-6-4-12(2)5-7-13/h4-7,11,17H,3,8-10H2,1-2H3,(H,18,21)(H,19,20). The molecule has 2 aromatic rings. The van der Waals surface area contributed by atoms with Gasteiger partial charge in [-0.25, -0.2) is 0 Å². The molecule has 1 aromatic carbocycles. The maximum Gasteiger partial charge on any atom is 0.269 e. The van der Waals surface area contributed by atoms with Gasteiger partial charge in [0.25, 0.3) is 5.91 Å². The van der Waals surface area contributed by atoms with Gasteiger partial charge in [0, 0.05) is 18.7 Å². The Hall–Kier alpha value is -2.14. The molecule has 5 heteroatoms. The molecule has 2 rings (SSSR count). The molecule has 0 saturated heterocycles. The van der Waals surface area contributed by atoms with Gasteiger partial charge in [0.05, 0.1) is 5.69 Å². The number of benzene rings is 1. The van der Waals surface area contributed by atoms with E-state index in [0.717, 1.165) is 30.8 Å². The van der Waals surface area contributed by atoms with Crippen LogP contribution in [0, 0.1) is 6.92 Å². The molecule has 5 nitrogen and oxygen atoms in total. The molecule has 112 valence electrons. The van der Waals surface area contributed by atoms with Gasteiger partial charge >= 0.3 is 0 Å². The molecule has 0 aliphatic heterocycles. The van der Waals surface area contributed by atoms with E-state index in [4.69, 9.17) is 0 Å². The molecule has 21 heavy (non-hydrogen) atoms. The summed E-state index contributed by atoms with van der Waals surface area (Å²) in [7, 11) is 0. The van der Waals surface area contributed by atoms with Gasteiger partial charge < -0.3 is 10.6 Å². The molecule has 0 saturated carbocycles. The van der Waals surface area contributed by atoms with Crippen molar-refractivity contribution in [2.45, 2.75) is 20.3 Å². The zero-order valence-electron chi connectivity index (χ0n) is 12.6. The van der Waals surface area contributed by atoms with Gasteiger partial charge in [-0.15, -0.1) is 0 Å². The van der Waals surface area contributed by atoms with Crippen LogP contribution in [0.4, 0.5) is 0 Å². The minimum atomic E-state index is -0.126. The third-order valence-electron chi connectivity index (χ3n) is 3.18. The largest absolute Gasteiger partial charge is 0.349 e. The second kappa shape index (κ2) is 7.59. The van der Waals surface area contributed by atoms with Gasteiger partial charge in [0.15, 0.2) is 0 Å². The minimum absolute atomic E-state index is 0.126. The topological polar surface area (TPSA) is 69.8 Å². The highest BCUT2D eigenvalue weighted by Gasteiger charge is 2.10. The number of hydrogen-bond acceptors (Lipinski definition) is 3. The summed E-state index contributed by atoms with van der Waals surface area (Å²) in [5.74, 6) is -0.126. The van der Waals surface area contributed by atoms with Crippen LogP contribution in [-0.2, 0) is 0 Å². The smallest absolute Gasteiger partial charge is 0.269 e. The first-order chi connectivity index (χ1) is 10.2. The number of nitrogens with one attached hydrogen (secondary N) is 3. The predicted octanol–water partition coefficient (Wildman–Crippen LogP) is 2.11. The first-order valence-electron chi connectivity index (χ1n) is 7.32. The Kier molecular flexibility index (Phi) is 5.51. The average molecular weight is 286 g/mol. The number of H-pyrrole nitrogens is 1. The molecule has 0 atom stereocenters. The van der Waals surface area contributed by atoms with Crippen molar-refractivity contribution < 1.29 is 4.79 Å². The number of nitrogens with zero attached hydrogens (tertiary/aromatic N) is 1. The highest BCUT2D eigenvalue weighted by molar-refractivity contribution is 5.93. The predicted molar refractivity (Wildman–Crippen MR) is 84.3 cm³/mol. The van der Waals surface area contributed by atoms with Gasteiger partial charge in [-0.1, -0.05) is 36.8 Å². The second-order valence-corrected chi connectivity index (χ2v) is 5.04. The summed E-state index contributed by atoms with van der Waals surface area (Å²) in [4.78, 5) is 12.0. The molecule has 1 amide bonds. The van der Waals surface area contributed by atoms with Crippen LogP contribution in [0.25, 0.3) is 11.3 Å². The third-order valence-corrected chi connectivity index (χ3v) is 3.18. The maximum absolute atomic E-state index is 12.0. The van der Waals surface area contributed by atoms with Gasteiger partial charge in [0.1, 0.15) is 5.69 Å². The monoisotopic (exact) mass is 286 g/mol. The van der Waals surface area contributed by atoms with E-state index >= 15 is 0 Å². The van der Waals surface area contributed by atoms with E-state index in [0.29, 0.717) is 12.2 Å². The van der Waals surface area contributed by atoms with Crippen molar-refractivity contribution in [1.82, 2.24) is 20.8 Å². The average Bonchev–Trinajstić information content (AvgIpc) is 2.97. The van der Waals surface area contributed by atoms with Crippen molar-refractivity contribution in [3.63, 3.8) is 0 Å². The summed E-state index contributed by atoms with van der Waals surface area (Å²) in [5, 5.41) is 13.1. The Labute approximate surface area is 125 Å². The lowest BCUT2D eigenvalue weighted by Crippen LogP contribution is -2.32. The van der Waals surface area contributed by atoms with Crippen LogP contribution < -0.4 is 10.6 Å². The van der Waals surface area contributed by atoms with Crippen molar-refractivity contribution in [3.05, 3.63) is 41.6 Å². The summed E-state index contributed by atoms with van der Waals surface area (Å²) in [6.07, 6.45) is 1.09. The van der Waals surface area contributed by atoms with Gasteiger partial charge in [-0.3, -0.25) is 9.89 Å². The van der Waals surface area contributed by atoms with Crippen LogP contribution in [0.1, 0.15) is 29.4 Å². The van der Waals surface area contributed by atoms with Crippen LogP contribution in [0.5, 0.6) is 0 Å². The molecule has 0 fully saturated rings. The van der Waals surface area contributed by atoms with Gasteiger partial charge in [-0.2, -0.15) is 5.10 Å². The Morgan fingerprint density at radius 1 is 1.19 bits per heavy atom. The molecule has 3 N–H and O–H groups in total. The van der Waals surface area contributed by atoms with E-state index in [1.807, 2.05) is 31.2 Å². The summed E-state index contributed by atoms with van der Waals surface area (Å²) in [5.41, 5.74) is 3.47. The number of aryl methyl sites for hydroxylation is 1. The highest BCUT2D eigenvalue weighted by atomic mass is 16.1. The SMILES string of the molecule is CCCNCCNC(=O)c1cc(-c2ccc(C)cc2)n[nH]1. The first-order valence-corrected chi connectivity index (χ1v) is 7.32. The second-order valence-electron chi connectivity index (χ2n) is 5.04. The fraction of sp³-hybridized carbons (Fsp3) is 0.375. The molecule has 0 aliphatic carbocycles. The van der Waals surface area contributed by atoms with Crippen LogP contribution in [-0.4, -0.2) is 35.7 Å². The summed E-state index contributed by atoms with van der Waals surface area (Å²) >= 11 is 0. The van der Waals surface area contributed by atoms with Crippen molar-refractivity contribution in [1.29, 1.82) is 0 Å². The van der Waals surface area contributed by atoms with Crippen LogP contribution in [0.15, 0.2) is 30.3 Å². The molecule has 0 unspecified atom stereocenters. The Morgan fingerprint density at radius 2 is 1.95 bits per heavy atom. The first kappa shape index (κ1) is 15.3. The van der Waals surface area contributed by atoms with Gasteiger partial charge in [0.2, 0.25) is 0 Å². The highest BCUT2D eigenvalue weighted by Crippen LogP contribution is 2.17. The number of carbonyl (C=O) groups is 1. The van der Waals surface area contributed by atoms with Crippen LogP contribution in [0.2, 0.25) is 0 Å². The quantitative estimate of drug-likeness (QED) is 0.683. The lowest BCUT2D eigenvalue weighted by Gasteiger charge is -2.04. The van der Waals surface area contributed by atoms with E-state index in [2.05, 4.69) is 27.8 Å². The Balaban J connectivity index is 1.90. The molecule has 1 heterocycles. The van der Waals surface area contributed by atoms with Crippen molar-refractivity contribution >= 4 is 5.91 Å². The maximum atomic E-state index is 12.0. The Bertz CT molecular complexity index is 574. The zero-order chi connectivity index (χ0) is 15.1. The Morgan fingerprint density at radius 3 is 2.67 bits per heavy atom. The zero-order valence-corrected chi connectivity index (χ0v) is 12.6. The summed E-state index contributed by atoms with van der Waals surface area (Å²) in [6.45, 7) is 6.51. The molecule has 1 aromatic heterocycles. The summed E-state index contributed by atoms with van der Waals surface area (Å²) < 4.78 is 0. The van der Waals surface area contributed by atoms with E-state index in [1.165, 1.54) is 5.56 Å². The normalized spacial score (nSPS) is 10.6. The molecule has 0 radical (unpaired) electrons. The fourth-order valence-corrected chi connectivity index (χ4v) is 1.97. The number of rotatable bonds is 7. The molecular weight excluding hydrogens is 264 g/mol. The van der Waals surface area contributed by atoms with Crippen LogP contribution >= 0.6 is 0 Å². The fourth-order valence-electron chi connectivity index (χ4n) is 1.97.